The topological polar surface area (TPSA) is 15.6 Å². The molecule has 0 saturated carbocycles. The van der Waals surface area contributed by atoms with E-state index < -0.39 is 52.4 Å². The molecule has 1 heterocycles. The first kappa shape index (κ1) is 16.4. The van der Waals surface area contributed by atoms with Crippen LogP contribution in [0.15, 0.2) is 64.8 Å². The summed E-state index contributed by atoms with van der Waals surface area (Å²) in [6.45, 7) is 0. The Morgan fingerprint density at radius 2 is 1.58 bits per heavy atom. The van der Waals surface area contributed by atoms with Crippen LogP contribution in [-0.2, 0) is 0 Å². The van der Waals surface area contributed by atoms with Crippen molar-refractivity contribution in [2.24, 2.45) is 4.99 Å². The van der Waals surface area contributed by atoms with Gasteiger partial charge in [0.1, 0.15) is 0 Å². The standard InChI is InChI=1S/C18H8F6N2/c19-8-5-6-12(16(22)14(8)20)26-11-4-2-1-3-9(11)25-10-7-13(26)17(23)18(24)15(10)21/h1-7,15H. The van der Waals surface area contributed by atoms with E-state index in [0.717, 1.165) is 17.0 Å². The lowest BCUT2D eigenvalue weighted by Crippen LogP contribution is -2.26. The molecule has 0 amide bonds. The fourth-order valence-corrected chi connectivity index (χ4v) is 2.86. The summed E-state index contributed by atoms with van der Waals surface area (Å²) in [5, 5.41) is 0. The van der Waals surface area contributed by atoms with Crippen LogP contribution >= 0.6 is 0 Å². The molecule has 1 aliphatic carbocycles. The number of halogens is 6. The van der Waals surface area contributed by atoms with Gasteiger partial charge in [-0.05, 0) is 30.3 Å². The van der Waals surface area contributed by atoms with E-state index in [9.17, 15) is 26.3 Å². The first-order valence-electron chi connectivity index (χ1n) is 7.42. The van der Waals surface area contributed by atoms with Gasteiger partial charge in [-0.2, -0.15) is 0 Å². The van der Waals surface area contributed by atoms with Crippen LogP contribution in [0.4, 0.5) is 43.4 Å². The maximum atomic E-state index is 14.4. The minimum absolute atomic E-state index is 0.0516. The highest BCUT2D eigenvalue weighted by Crippen LogP contribution is 2.45. The van der Waals surface area contributed by atoms with Crippen LogP contribution in [-0.4, -0.2) is 11.9 Å². The van der Waals surface area contributed by atoms with Gasteiger partial charge in [-0.15, -0.1) is 0 Å². The van der Waals surface area contributed by atoms with Crippen LogP contribution in [0.2, 0.25) is 0 Å². The van der Waals surface area contributed by atoms with E-state index in [2.05, 4.69) is 4.99 Å². The number of benzene rings is 2. The van der Waals surface area contributed by atoms with Crippen molar-refractivity contribution in [3.05, 3.63) is 77.3 Å². The monoisotopic (exact) mass is 366 g/mol. The Morgan fingerprint density at radius 1 is 0.846 bits per heavy atom. The van der Waals surface area contributed by atoms with Gasteiger partial charge in [0.15, 0.2) is 35.3 Å². The number of anilines is 2. The second kappa shape index (κ2) is 5.76. The van der Waals surface area contributed by atoms with Crippen molar-refractivity contribution in [3.8, 4) is 0 Å². The van der Waals surface area contributed by atoms with E-state index in [0.29, 0.717) is 6.07 Å². The third-order valence-corrected chi connectivity index (χ3v) is 4.07. The number of hydrogen-bond donors (Lipinski definition) is 0. The normalized spacial score (nSPS) is 19.0. The molecule has 0 saturated heterocycles. The van der Waals surface area contributed by atoms with Gasteiger partial charge in [-0.3, -0.25) is 0 Å². The Hall–Kier alpha value is -3.03. The van der Waals surface area contributed by atoms with Gasteiger partial charge in [0.2, 0.25) is 0 Å². The zero-order valence-electron chi connectivity index (χ0n) is 12.8. The number of fused-ring (bicyclic) bond motifs is 2. The van der Waals surface area contributed by atoms with Crippen molar-refractivity contribution >= 4 is 22.8 Å². The van der Waals surface area contributed by atoms with Crippen molar-refractivity contribution in [2.45, 2.75) is 6.17 Å². The third-order valence-electron chi connectivity index (χ3n) is 4.07. The summed E-state index contributed by atoms with van der Waals surface area (Å²) >= 11 is 0. The molecule has 2 aromatic carbocycles. The second-order valence-electron chi connectivity index (χ2n) is 5.61. The molecule has 0 spiro atoms. The zero-order chi connectivity index (χ0) is 18.6. The van der Waals surface area contributed by atoms with Crippen molar-refractivity contribution in [3.63, 3.8) is 0 Å². The van der Waals surface area contributed by atoms with E-state index in [1.54, 1.807) is 0 Å². The van der Waals surface area contributed by atoms with Crippen LogP contribution in [0.25, 0.3) is 0 Å². The van der Waals surface area contributed by atoms with Crippen LogP contribution in [0, 0.1) is 17.5 Å². The maximum Gasteiger partial charge on any atom is 0.196 e. The van der Waals surface area contributed by atoms with Crippen LogP contribution in [0.3, 0.4) is 0 Å². The Balaban J connectivity index is 2.04. The van der Waals surface area contributed by atoms with E-state index >= 15 is 0 Å². The average molecular weight is 366 g/mol. The second-order valence-corrected chi connectivity index (χ2v) is 5.61. The molecule has 2 aromatic rings. The molecule has 2 bridgehead atoms. The quantitative estimate of drug-likeness (QED) is 0.466. The van der Waals surface area contributed by atoms with Crippen molar-refractivity contribution in [1.82, 2.24) is 0 Å². The van der Waals surface area contributed by atoms with E-state index in [-0.39, 0.29) is 11.4 Å². The predicted molar refractivity (Wildman–Crippen MR) is 84.2 cm³/mol. The Bertz CT molecular complexity index is 1020. The van der Waals surface area contributed by atoms with Gasteiger partial charge >= 0.3 is 0 Å². The average Bonchev–Trinajstić information content (AvgIpc) is 2.79. The molecule has 0 fully saturated rings. The van der Waals surface area contributed by atoms with Crippen LogP contribution < -0.4 is 4.90 Å². The number of aliphatic imine (C=N–C) groups is 1. The number of hydrogen-bond acceptors (Lipinski definition) is 2. The number of allylic oxidation sites excluding steroid dienone is 3. The van der Waals surface area contributed by atoms with Crippen LogP contribution in [0.5, 0.6) is 0 Å². The molecule has 0 N–H and O–H groups in total. The predicted octanol–water partition coefficient (Wildman–Crippen LogP) is 5.71. The van der Waals surface area contributed by atoms with E-state index in [4.69, 9.17) is 0 Å². The Labute approximate surface area is 143 Å². The Morgan fingerprint density at radius 3 is 2.35 bits per heavy atom. The van der Waals surface area contributed by atoms with Gasteiger partial charge in [0.25, 0.3) is 0 Å². The molecule has 1 aliphatic heterocycles. The van der Waals surface area contributed by atoms with Crippen molar-refractivity contribution in [1.29, 1.82) is 0 Å². The van der Waals surface area contributed by atoms with Gasteiger partial charge < -0.3 is 4.90 Å². The largest absolute Gasteiger partial charge is 0.302 e. The molecule has 4 rings (SSSR count). The van der Waals surface area contributed by atoms with Crippen molar-refractivity contribution < 1.29 is 26.3 Å². The maximum absolute atomic E-state index is 14.4. The molecule has 0 aromatic heterocycles. The lowest BCUT2D eigenvalue weighted by atomic mass is 10.0. The third kappa shape index (κ3) is 2.25. The fraction of sp³-hybridized carbons (Fsp3) is 0.0556. The van der Waals surface area contributed by atoms with E-state index in [1.165, 1.54) is 24.3 Å². The molecule has 1 atom stereocenters. The molecular formula is C18H8F6N2. The summed E-state index contributed by atoms with van der Waals surface area (Å²) in [7, 11) is 0. The summed E-state index contributed by atoms with van der Waals surface area (Å²) in [6, 6.07) is 7.39. The summed E-state index contributed by atoms with van der Waals surface area (Å²) in [6.07, 6.45) is -1.51. The SMILES string of the molecule is FC1=C(F)C(F)C2=Nc3ccccc3N(c3ccc(F)c(F)c3F)C1=C2. The summed E-state index contributed by atoms with van der Waals surface area (Å²) in [5.41, 5.74) is -1.42. The molecule has 2 aliphatic rings. The highest BCUT2D eigenvalue weighted by Gasteiger charge is 2.37. The molecule has 1 unspecified atom stereocenters. The van der Waals surface area contributed by atoms with Gasteiger partial charge in [0, 0.05) is 0 Å². The first-order chi connectivity index (χ1) is 12.4. The summed E-state index contributed by atoms with van der Waals surface area (Å²) in [5.74, 6) is -8.09. The summed E-state index contributed by atoms with van der Waals surface area (Å²) in [4.78, 5) is 4.80. The lowest BCUT2D eigenvalue weighted by molar-refractivity contribution is 0.378. The van der Waals surface area contributed by atoms with Gasteiger partial charge in [0.05, 0.1) is 28.5 Å². The molecule has 26 heavy (non-hydrogen) atoms. The molecular weight excluding hydrogens is 358 g/mol. The first-order valence-corrected chi connectivity index (χ1v) is 7.42. The number of alkyl halides is 1. The van der Waals surface area contributed by atoms with Gasteiger partial charge in [-0.25, -0.2) is 31.3 Å². The minimum atomic E-state index is -2.42. The highest BCUT2D eigenvalue weighted by atomic mass is 19.2. The zero-order valence-corrected chi connectivity index (χ0v) is 12.8. The van der Waals surface area contributed by atoms with E-state index in [1.807, 2.05) is 0 Å². The Kier molecular flexibility index (Phi) is 3.64. The molecule has 132 valence electrons. The lowest BCUT2D eigenvalue weighted by Gasteiger charge is -2.28. The van der Waals surface area contributed by atoms with Crippen LogP contribution in [0.1, 0.15) is 0 Å². The van der Waals surface area contributed by atoms with Gasteiger partial charge in [-0.1, -0.05) is 12.1 Å². The smallest absolute Gasteiger partial charge is 0.196 e. The molecule has 2 nitrogen and oxygen atoms in total. The van der Waals surface area contributed by atoms with Crippen molar-refractivity contribution in [2.75, 3.05) is 4.90 Å². The number of nitrogens with zero attached hydrogens (tertiary/aromatic N) is 2. The highest BCUT2D eigenvalue weighted by molar-refractivity contribution is 6.07. The summed E-state index contributed by atoms with van der Waals surface area (Å²) < 4.78 is 83.8. The minimum Gasteiger partial charge on any atom is -0.302 e. The molecule has 8 heteroatoms. The molecule has 0 radical (unpaired) electrons. The number of rotatable bonds is 1. The number of para-hydroxylation sites is 2. The fourth-order valence-electron chi connectivity index (χ4n) is 2.86.